The van der Waals surface area contributed by atoms with Crippen molar-refractivity contribution in [2.75, 3.05) is 16.0 Å². The third kappa shape index (κ3) is 19.0. The number of nitriles is 2. The monoisotopic (exact) mass is 1770 g/mol. The van der Waals surface area contributed by atoms with Crippen molar-refractivity contribution < 1.29 is 44.4 Å². The number of azo groups is 4. The number of nitrogens with one attached hydrogen (secondary N) is 3. The van der Waals surface area contributed by atoms with Gasteiger partial charge < -0.3 is 42.1 Å². The number of aldehydes is 1. The first-order valence-corrected chi connectivity index (χ1v) is 39.8. The lowest BCUT2D eigenvalue weighted by Gasteiger charge is -2.11. The molecule has 19 aromatic rings. The Morgan fingerprint density at radius 3 is 1.23 bits per heavy atom. The molecule has 134 heavy (non-hydrogen) atoms. The summed E-state index contributed by atoms with van der Waals surface area (Å²) in [5, 5.41) is 113. The van der Waals surface area contributed by atoms with Crippen molar-refractivity contribution in [1.82, 2.24) is 73.3 Å². The van der Waals surface area contributed by atoms with Crippen LogP contribution < -0.4 is 21.7 Å². The maximum absolute atomic E-state index is 13.0. The van der Waals surface area contributed by atoms with Gasteiger partial charge in [-0.1, -0.05) is 158 Å². The Labute approximate surface area is 755 Å². The first-order valence-electron chi connectivity index (χ1n) is 39.8. The Morgan fingerprint density at radius 1 is 0.410 bits per heavy atom. The van der Waals surface area contributed by atoms with Crippen LogP contribution in [0, 0.1) is 29.2 Å². The Morgan fingerprint density at radius 2 is 0.806 bits per heavy atom. The van der Waals surface area contributed by atoms with Gasteiger partial charge in [0.25, 0.3) is 41.5 Å². The van der Waals surface area contributed by atoms with E-state index in [0.29, 0.717) is 72.8 Å². The van der Waals surface area contributed by atoms with Gasteiger partial charge in [-0.05, 0) is 119 Å². The van der Waals surface area contributed by atoms with Crippen LogP contribution in [0.1, 0.15) is 63.3 Å². The number of phenols is 4. The van der Waals surface area contributed by atoms with Gasteiger partial charge in [0, 0.05) is 88.2 Å². The number of rotatable bonds is 20. The molecule has 0 radical (unpaired) electrons. The fourth-order valence-electron chi connectivity index (χ4n) is 13.4. The number of nitrogens with zero attached hydrogens (tertiary/aromatic N) is 26. The smallest absolute Gasteiger partial charge is 0.274 e. The highest BCUT2D eigenvalue weighted by atomic mass is 16.3. The second-order valence-electron chi connectivity index (χ2n) is 27.9. The summed E-state index contributed by atoms with van der Waals surface area (Å²) in [6, 6.07) is 77.2. The number of anilines is 3. The zero-order valence-electron chi connectivity index (χ0n) is 69.1. The van der Waals surface area contributed by atoms with Crippen molar-refractivity contribution in [3.63, 3.8) is 0 Å². The standard InChI is InChI=1S/C26H17N7O2.C26H18N6O3.C23H16N8O2.C20H11N9O2/c1-27-21-12-15-33(26-28-13-7-14-29-26)24(21)32-31-22-19-11-6-5-8-17(19)16-20(23(22)34)25(35)30-18-9-3-2-4-10-18;33-15-21-25(32(16-28-21)22-12-6-7-13-27-22)31-30-23-19-11-5-4-8-17(19)14-20(24(23)34)26(35)29-18-9-2-1-3-10-18;32-20-18(21(33)28-16-8-2-1-3-9-16)13-15-7-4-5-10-17(15)19(20)29-30-23-26-14-27-31(23)22-24-11-6-12-25-22;21-9-14-15(10-22)29(19-24-6-3-7-25-19)20(26-14)28-27-16-12-5-2-1-4-11(12)8-13(17(16)30)18(23)31/h2-16,34H,(H,30,35);1-16,34H,(H,29,35);1-14,32H,(H,28,33);1-8,30H,(H2,23,31). The molecule has 8 aromatic heterocycles. The number of aromatic nitrogens is 15. The fraction of sp³-hybridized carbons (Fsp3) is 0. The third-order valence-corrected chi connectivity index (χ3v) is 19.6. The number of carbonyl (C=O) groups is 5. The molecule has 0 unspecified atom stereocenters. The molecule has 19 rings (SSSR count). The molecule has 0 bridgehead atoms. The first-order chi connectivity index (χ1) is 65.6. The van der Waals surface area contributed by atoms with Crippen molar-refractivity contribution in [1.29, 1.82) is 10.5 Å². The molecule has 11 aromatic carbocycles. The van der Waals surface area contributed by atoms with Crippen LogP contribution >= 0.6 is 0 Å². The average Bonchev–Trinajstić information content (AvgIpc) is 1.21. The summed E-state index contributed by atoms with van der Waals surface area (Å²) in [4.78, 5) is 107. The van der Waals surface area contributed by atoms with Crippen molar-refractivity contribution in [2.45, 2.75) is 0 Å². The minimum atomic E-state index is -0.836. The molecule has 0 saturated carbocycles. The third-order valence-electron chi connectivity index (χ3n) is 19.6. The van der Waals surface area contributed by atoms with E-state index in [1.807, 2.05) is 84.9 Å². The van der Waals surface area contributed by atoms with E-state index in [2.05, 4.69) is 117 Å². The molecule has 39 nitrogen and oxygen atoms in total. The summed E-state index contributed by atoms with van der Waals surface area (Å²) < 4.78 is 5.52. The number of nitrogens with two attached hydrogens (primary N) is 1. The van der Waals surface area contributed by atoms with Gasteiger partial charge in [-0.2, -0.15) is 30.3 Å². The summed E-state index contributed by atoms with van der Waals surface area (Å²) in [6.07, 6.45) is 15.7. The molecule has 0 spiro atoms. The topological polar surface area (TPSA) is 541 Å². The fourth-order valence-corrected chi connectivity index (χ4v) is 13.4. The second kappa shape index (κ2) is 40.1. The van der Waals surface area contributed by atoms with Gasteiger partial charge in [0.2, 0.25) is 17.6 Å². The number of amides is 4. The molecule has 646 valence electrons. The number of para-hydroxylation sites is 3. The number of aromatic hydroxyl groups is 4. The molecule has 8 heterocycles. The van der Waals surface area contributed by atoms with Crippen LogP contribution in [0.4, 0.5) is 69.0 Å². The molecule has 0 fully saturated rings. The number of imidazole rings is 2. The van der Waals surface area contributed by atoms with E-state index >= 15 is 0 Å². The molecule has 0 atom stereocenters. The predicted octanol–water partition coefficient (Wildman–Crippen LogP) is 19.3. The van der Waals surface area contributed by atoms with Crippen LogP contribution in [-0.4, -0.2) is 124 Å². The highest BCUT2D eigenvalue weighted by molar-refractivity contribution is 6.14. The molecular formula is C95H62N30O9. The SMILES string of the molecule is N#Cc1nc(N=Nc2c(O)c(C(N)=O)cc3ccccc23)n(-c2ncccn2)c1C#N.O=C(Nc1ccccc1)c1cc2ccccc2c(N=Nc2ncnn2-c2ncccn2)c1O.O=Cc1ncn(-c2ccccn2)c1N=Nc1c(O)c(C(=O)Nc2ccccc2)cc2ccccc12.[C-]#[N+]c1ccn(-c2ncccn2)c1N=Nc1c(O)c(C(=O)Nc2ccccc2)cc2ccccc12. The molecule has 39 heteroatoms. The lowest BCUT2D eigenvalue weighted by Crippen LogP contribution is -2.12. The van der Waals surface area contributed by atoms with Gasteiger partial charge >= 0.3 is 0 Å². The Kier molecular flexibility index (Phi) is 26.0. The number of benzene rings is 11. The molecule has 0 saturated heterocycles. The van der Waals surface area contributed by atoms with Crippen LogP contribution in [0.2, 0.25) is 0 Å². The van der Waals surface area contributed by atoms with Gasteiger partial charge in [0.1, 0.15) is 59.1 Å². The van der Waals surface area contributed by atoms with E-state index in [0.717, 1.165) is 5.39 Å². The average molecular weight is 1770 g/mol. The molecule has 0 aliphatic carbocycles. The van der Waals surface area contributed by atoms with Crippen molar-refractivity contribution in [3.8, 4) is 58.8 Å². The maximum atomic E-state index is 13.0. The molecule has 0 aliphatic heterocycles. The van der Waals surface area contributed by atoms with E-state index in [9.17, 15) is 54.9 Å². The Balaban J connectivity index is 0.000000130. The Hall–Kier alpha value is -20.7. The number of fused-ring (bicyclic) bond motifs is 4. The van der Waals surface area contributed by atoms with Crippen molar-refractivity contribution >= 4 is 142 Å². The predicted molar refractivity (Wildman–Crippen MR) is 491 cm³/mol. The minimum absolute atomic E-state index is 0.0209. The quantitative estimate of drug-likeness (QED) is 0.0200. The lowest BCUT2D eigenvalue weighted by molar-refractivity contribution is 0.0992. The number of hydrogen-bond donors (Lipinski definition) is 8. The van der Waals surface area contributed by atoms with Crippen LogP contribution in [0.3, 0.4) is 0 Å². The minimum Gasteiger partial charge on any atom is -0.505 e. The van der Waals surface area contributed by atoms with Gasteiger partial charge in [0.05, 0.1) is 28.8 Å². The maximum Gasteiger partial charge on any atom is 0.274 e. The van der Waals surface area contributed by atoms with Crippen LogP contribution in [0.15, 0.2) is 358 Å². The molecular weight excluding hydrogens is 1710 g/mol. The summed E-state index contributed by atoms with van der Waals surface area (Å²) >= 11 is 0. The van der Waals surface area contributed by atoms with Crippen molar-refractivity contribution in [2.24, 2.45) is 46.6 Å². The normalized spacial score (nSPS) is 11.0. The van der Waals surface area contributed by atoms with Crippen LogP contribution in [0.25, 0.3) is 71.6 Å². The van der Waals surface area contributed by atoms with E-state index in [4.69, 9.17) is 12.3 Å². The highest BCUT2D eigenvalue weighted by Crippen LogP contribution is 2.45. The molecule has 4 amide bonds. The molecule has 0 aliphatic rings. The second-order valence-corrected chi connectivity index (χ2v) is 27.9. The number of carbonyl (C=O) groups excluding carboxylic acids is 5. The van der Waals surface area contributed by atoms with E-state index in [-0.39, 0.29) is 120 Å². The number of primary amides is 1. The summed E-state index contributed by atoms with van der Waals surface area (Å²) in [7, 11) is 0. The van der Waals surface area contributed by atoms with E-state index < -0.39 is 29.4 Å². The van der Waals surface area contributed by atoms with Gasteiger partial charge in [-0.25, -0.2) is 49.3 Å². The lowest BCUT2D eigenvalue weighted by atomic mass is 10.0. The van der Waals surface area contributed by atoms with Gasteiger partial charge in [-0.3, -0.25) is 33.1 Å². The van der Waals surface area contributed by atoms with Crippen LogP contribution in [0.5, 0.6) is 23.0 Å². The van der Waals surface area contributed by atoms with Crippen LogP contribution in [-0.2, 0) is 0 Å². The van der Waals surface area contributed by atoms with Crippen molar-refractivity contribution in [3.05, 3.63) is 368 Å². The summed E-state index contributed by atoms with van der Waals surface area (Å²) in [5.41, 5.74) is 7.47. The highest BCUT2D eigenvalue weighted by Gasteiger charge is 2.27. The zero-order valence-corrected chi connectivity index (χ0v) is 69.1. The zero-order chi connectivity index (χ0) is 93.0. The summed E-state index contributed by atoms with van der Waals surface area (Å²) in [5.74, 6) is -2.26. The number of pyridine rings is 1. The first kappa shape index (κ1) is 86.8. The largest absolute Gasteiger partial charge is 0.505 e. The summed E-state index contributed by atoms with van der Waals surface area (Å²) in [6.45, 7) is 7.48. The van der Waals surface area contributed by atoms with E-state index in [1.54, 1.807) is 213 Å². The Bertz CT molecular complexity index is 7940. The number of phenolic OH excluding ortho intramolecular Hbond substituents is 3. The molecule has 9 N–H and O–H groups in total. The van der Waals surface area contributed by atoms with E-state index in [1.165, 1.54) is 49.5 Å². The number of hydrogen-bond acceptors (Lipinski definition) is 30. The van der Waals surface area contributed by atoms with Gasteiger partial charge in [0.15, 0.2) is 52.3 Å². The van der Waals surface area contributed by atoms with Gasteiger partial charge in [-0.15, -0.1) is 40.9 Å².